The van der Waals surface area contributed by atoms with Crippen LogP contribution in [0.3, 0.4) is 0 Å². The summed E-state index contributed by atoms with van der Waals surface area (Å²) in [5, 5.41) is 15.2. The van der Waals surface area contributed by atoms with Gasteiger partial charge in [-0.15, -0.1) is 0 Å². The summed E-state index contributed by atoms with van der Waals surface area (Å²) in [5.74, 6) is 5.67. The third kappa shape index (κ3) is 2.62. The lowest BCUT2D eigenvalue weighted by molar-refractivity contribution is 0.305. The van der Waals surface area contributed by atoms with Crippen molar-refractivity contribution in [2.75, 3.05) is 6.61 Å². The second-order valence-corrected chi connectivity index (χ2v) is 3.90. The molecule has 1 aromatic heterocycles. The molecule has 0 amide bonds. The van der Waals surface area contributed by atoms with Crippen LogP contribution in [0.15, 0.2) is 29.3 Å². The average molecular weight is 264 g/mol. The Morgan fingerprint density at radius 1 is 1.50 bits per heavy atom. The van der Waals surface area contributed by atoms with E-state index in [-0.39, 0.29) is 12.3 Å². The zero-order valence-corrected chi connectivity index (χ0v) is 10.1. The lowest BCUT2D eigenvalue weighted by atomic mass is 10.1. The van der Waals surface area contributed by atoms with Gasteiger partial charge in [0.15, 0.2) is 0 Å². The molecule has 2 aromatic rings. The number of aromatic nitrogens is 3. The molecule has 0 spiro atoms. The second-order valence-electron chi connectivity index (χ2n) is 3.47. The van der Waals surface area contributed by atoms with Gasteiger partial charge >= 0.3 is 5.69 Å². The van der Waals surface area contributed by atoms with Gasteiger partial charge in [0.2, 0.25) is 0 Å². The van der Waals surface area contributed by atoms with Crippen molar-refractivity contribution in [2.45, 2.75) is 6.42 Å². The molecule has 1 heterocycles. The molecule has 1 aromatic carbocycles. The van der Waals surface area contributed by atoms with Crippen LogP contribution in [0.25, 0.3) is 5.69 Å². The molecule has 0 fully saturated rings. The van der Waals surface area contributed by atoms with Crippen LogP contribution in [-0.2, 0) is 0 Å². The van der Waals surface area contributed by atoms with E-state index in [1.165, 1.54) is 10.9 Å². The highest BCUT2D eigenvalue weighted by atomic mass is 35.5. The van der Waals surface area contributed by atoms with E-state index in [0.717, 1.165) is 0 Å². The van der Waals surface area contributed by atoms with Gasteiger partial charge in [-0.2, -0.15) is 5.10 Å². The van der Waals surface area contributed by atoms with E-state index >= 15 is 0 Å². The predicted octanol–water partition coefficient (Wildman–Crippen LogP) is 0.948. The van der Waals surface area contributed by atoms with Crippen molar-refractivity contribution in [2.24, 2.45) is 0 Å². The molecule has 0 aliphatic carbocycles. The molecule has 0 bridgehead atoms. The van der Waals surface area contributed by atoms with Crippen LogP contribution < -0.4 is 5.69 Å². The van der Waals surface area contributed by atoms with Crippen molar-refractivity contribution in [1.82, 2.24) is 14.8 Å². The molecule has 2 N–H and O–H groups in total. The second kappa shape index (κ2) is 5.54. The highest BCUT2D eigenvalue weighted by Gasteiger charge is 2.06. The number of rotatable bonds is 2. The predicted molar refractivity (Wildman–Crippen MR) is 67.8 cm³/mol. The van der Waals surface area contributed by atoms with Gasteiger partial charge in [0, 0.05) is 11.4 Å². The molecule has 0 saturated carbocycles. The van der Waals surface area contributed by atoms with Crippen LogP contribution >= 0.6 is 11.6 Å². The summed E-state index contributed by atoms with van der Waals surface area (Å²) >= 11 is 5.90. The smallest absolute Gasteiger partial charge is 0.347 e. The van der Waals surface area contributed by atoms with Gasteiger partial charge in [0.25, 0.3) is 0 Å². The third-order valence-electron chi connectivity index (χ3n) is 2.23. The van der Waals surface area contributed by atoms with Crippen LogP contribution in [-0.4, -0.2) is 26.5 Å². The zero-order chi connectivity index (χ0) is 13.0. The topological polar surface area (TPSA) is 70.9 Å². The maximum Gasteiger partial charge on any atom is 0.347 e. The summed E-state index contributed by atoms with van der Waals surface area (Å²) in [6, 6.07) is 5.04. The Balaban J connectivity index is 2.52. The minimum atomic E-state index is -0.345. The molecule has 18 heavy (non-hydrogen) atoms. The fourth-order valence-electron chi connectivity index (χ4n) is 1.45. The summed E-state index contributed by atoms with van der Waals surface area (Å²) in [6.07, 6.45) is 1.75. The van der Waals surface area contributed by atoms with Crippen molar-refractivity contribution in [3.05, 3.63) is 45.6 Å². The number of nitrogens with zero attached hydrogens (tertiary/aromatic N) is 2. The fraction of sp³-hybridized carbons (Fsp3) is 0.167. The average Bonchev–Trinajstić information content (AvgIpc) is 2.76. The molecule has 6 heteroatoms. The van der Waals surface area contributed by atoms with Gasteiger partial charge in [-0.25, -0.2) is 14.5 Å². The Morgan fingerprint density at radius 2 is 2.33 bits per heavy atom. The summed E-state index contributed by atoms with van der Waals surface area (Å²) in [7, 11) is 0. The summed E-state index contributed by atoms with van der Waals surface area (Å²) in [4.78, 5) is 11.5. The lowest BCUT2D eigenvalue weighted by Gasteiger charge is -2.04. The van der Waals surface area contributed by atoms with Gasteiger partial charge in [-0.3, -0.25) is 0 Å². The van der Waals surface area contributed by atoms with Gasteiger partial charge in [-0.1, -0.05) is 23.4 Å². The standard InChI is InChI=1S/C12H10ClN3O2/c13-10-4-5-11(16-8-14-15-12(16)18)9(7-10)3-1-2-6-17/h4-5,7-8,17H,2,6H2,(H,15,18). The van der Waals surface area contributed by atoms with Crippen molar-refractivity contribution < 1.29 is 5.11 Å². The fourth-order valence-corrected chi connectivity index (χ4v) is 1.62. The number of hydrogen-bond acceptors (Lipinski definition) is 3. The van der Waals surface area contributed by atoms with Crippen molar-refractivity contribution in [1.29, 1.82) is 0 Å². The first-order chi connectivity index (χ1) is 8.72. The maximum absolute atomic E-state index is 11.5. The highest BCUT2D eigenvalue weighted by Crippen LogP contribution is 2.17. The van der Waals surface area contributed by atoms with E-state index in [2.05, 4.69) is 22.0 Å². The summed E-state index contributed by atoms with van der Waals surface area (Å²) in [6.45, 7) is -0.00540. The molecule has 2 rings (SSSR count). The molecular weight excluding hydrogens is 254 g/mol. The Hall–Kier alpha value is -2.03. The number of H-pyrrole nitrogens is 1. The number of aliphatic hydroxyl groups is 1. The van der Waals surface area contributed by atoms with Gasteiger partial charge in [0.1, 0.15) is 6.33 Å². The van der Waals surface area contributed by atoms with Crippen LogP contribution in [0.5, 0.6) is 0 Å². The van der Waals surface area contributed by atoms with Crippen LogP contribution in [0.1, 0.15) is 12.0 Å². The Labute approximate surface area is 108 Å². The van der Waals surface area contributed by atoms with Gasteiger partial charge < -0.3 is 5.11 Å². The van der Waals surface area contributed by atoms with Crippen molar-refractivity contribution in [3.63, 3.8) is 0 Å². The van der Waals surface area contributed by atoms with Crippen molar-refractivity contribution >= 4 is 11.6 Å². The monoisotopic (exact) mass is 263 g/mol. The molecule has 0 atom stereocenters. The quantitative estimate of drug-likeness (QED) is 0.793. The van der Waals surface area contributed by atoms with Crippen LogP contribution in [0.2, 0.25) is 5.02 Å². The van der Waals surface area contributed by atoms with E-state index in [1.54, 1.807) is 18.2 Å². The Kier molecular flexibility index (Phi) is 3.82. The maximum atomic E-state index is 11.5. The molecule has 92 valence electrons. The molecule has 0 unspecified atom stereocenters. The molecular formula is C12H10ClN3O2. The van der Waals surface area contributed by atoms with E-state index in [0.29, 0.717) is 22.7 Å². The number of nitrogens with one attached hydrogen (secondary N) is 1. The largest absolute Gasteiger partial charge is 0.395 e. The molecule has 5 nitrogen and oxygen atoms in total. The minimum Gasteiger partial charge on any atom is -0.395 e. The van der Waals surface area contributed by atoms with Crippen LogP contribution in [0.4, 0.5) is 0 Å². The van der Waals surface area contributed by atoms with E-state index in [1.807, 2.05) is 0 Å². The molecule has 0 aliphatic rings. The van der Waals surface area contributed by atoms with Crippen LogP contribution in [0, 0.1) is 11.8 Å². The zero-order valence-electron chi connectivity index (χ0n) is 9.35. The number of aromatic amines is 1. The SMILES string of the molecule is O=c1[nH]ncn1-c1ccc(Cl)cc1C#CCCO. The minimum absolute atomic E-state index is 0.00540. The Bertz CT molecular complexity index is 664. The highest BCUT2D eigenvalue weighted by molar-refractivity contribution is 6.30. The Morgan fingerprint density at radius 3 is 3.00 bits per heavy atom. The summed E-state index contributed by atoms with van der Waals surface area (Å²) in [5.41, 5.74) is 0.866. The summed E-state index contributed by atoms with van der Waals surface area (Å²) < 4.78 is 1.35. The first-order valence-electron chi connectivity index (χ1n) is 5.24. The molecule has 0 saturated heterocycles. The number of halogens is 1. The molecule has 0 radical (unpaired) electrons. The first kappa shape index (κ1) is 12.4. The van der Waals surface area contributed by atoms with Gasteiger partial charge in [0.05, 0.1) is 17.9 Å². The normalized spacial score (nSPS) is 9.89. The van der Waals surface area contributed by atoms with E-state index in [4.69, 9.17) is 16.7 Å². The number of benzene rings is 1. The van der Waals surface area contributed by atoms with E-state index in [9.17, 15) is 4.79 Å². The first-order valence-corrected chi connectivity index (χ1v) is 5.62. The van der Waals surface area contributed by atoms with Gasteiger partial charge in [-0.05, 0) is 18.2 Å². The molecule has 0 aliphatic heterocycles. The number of hydrogen-bond donors (Lipinski definition) is 2. The van der Waals surface area contributed by atoms with Crippen molar-refractivity contribution in [3.8, 4) is 17.5 Å². The lowest BCUT2D eigenvalue weighted by Crippen LogP contribution is -2.15. The number of aliphatic hydroxyl groups excluding tert-OH is 1. The van der Waals surface area contributed by atoms with E-state index < -0.39 is 0 Å². The third-order valence-corrected chi connectivity index (χ3v) is 2.47.